The summed E-state index contributed by atoms with van der Waals surface area (Å²) in [6.07, 6.45) is 1.53. The maximum Gasteiger partial charge on any atom is 0.275 e. The van der Waals surface area contributed by atoms with Gasteiger partial charge in [-0.3, -0.25) is 14.4 Å². The van der Waals surface area contributed by atoms with E-state index in [1.54, 1.807) is 24.3 Å². The Morgan fingerprint density at radius 2 is 1.61 bits per heavy atom. The van der Waals surface area contributed by atoms with Crippen molar-refractivity contribution >= 4 is 28.3 Å². The van der Waals surface area contributed by atoms with E-state index in [-0.39, 0.29) is 12.2 Å². The fourth-order valence-electron chi connectivity index (χ4n) is 3.24. The van der Waals surface area contributed by atoms with Gasteiger partial charge < -0.3 is 11.1 Å². The van der Waals surface area contributed by atoms with Crippen molar-refractivity contribution in [2.24, 2.45) is 5.73 Å². The first-order valence-corrected chi connectivity index (χ1v) is 9.16. The SMILES string of the molecule is CCc1cccc(CC)c1NC(=O)Cn1nc(C(N)=O)c2ccccc2c1=O. The average molecular weight is 378 g/mol. The number of nitrogens with one attached hydrogen (secondary N) is 1. The van der Waals surface area contributed by atoms with Gasteiger partial charge in [0.05, 0.1) is 5.39 Å². The highest BCUT2D eigenvalue weighted by atomic mass is 16.2. The van der Waals surface area contributed by atoms with E-state index in [9.17, 15) is 14.4 Å². The lowest BCUT2D eigenvalue weighted by atomic mass is 10.0. The molecule has 1 aromatic heterocycles. The Morgan fingerprint density at radius 3 is 2.18 bits per heavy atom. The van der Waals surface area contributed by atoms with E-state index in [4.69, 9.17) is 5.73 Å². The molecule has 0 aliphatic rings. The molecule has 3 aromatic rings. The second-order valence-corrected chi connectivity index (χ2v) is 6.43. The summed E-state index contributed by atoms with van der Waals surface area (Å²) in [5, 5.41) is 7.60. The molecule has 2 amide bonds. The molecule has 0 atom stereocenters. The minimum absolute atomic E-state index is 0.0359. The second kappa shape index (κ2) is 8.04. The maximum absolute atomic E-state index is 12.7. The normalized spacial score (nSPS) is 10.8. The standard InChI is InChI=1S/C21H22N4O3/c1-3-13-8-7-9-14(4-2)18(13)23-17(26)12-25-21(28)16-11-6-5-10-15(16)19(24-25)20(22)27/h5-11H,3-4,12H2,1-2H3,(H2,22,27)(H,23,26). The van der Waals surface area contributed by atoms with Crippen LogP contribution in [0.5, 0.6) is 0 Å². The topological polar surface area (TPSA) is 107 Å². The molecule has 0 spiro atoms. The van der Waals surface area contributed by atoms with Crippen molar-refractivity contribution < 1.29 is 9.59 Å². The Morgan fingerprint density at radius 1 is 1.00 bits per heavy atom. The summed E-state index contributed by atoms with van der Waals surface area (Å²) in [5.74, 6) is -1.15. The highest BCUT2D eigenvalue weighted by Crippen LogP contribution is 2.22. The van der Waals surface area contributed by atoms with Crippen molar-refractivity contribution in [3.05, 3.63) is 69.6 Å². The molecule has 7 heteroatoms. The second-order valence-electron chi connectivity index (χ2n) is 6.43. The van der Waals surface area contributed by atoms with E-state index in [0.29, 0.717) is 10.8 Å². The summed E-state index contributed by atoms with van der Waals surface area (Å²) in [6, 6.07) is 12.5. The minimum Gasteiger partial charge on any atom is -0.364 e. The Kier molecular flexibility index (Phi) is 5.54. The number of hydrogen-bond acceptors (Lipinski definition) is 4. The van der Waals surface area contributed by atoms with Gasteiger partial charge >= 0.3 is 0 Å². The minimum atomic E-state index is -0.755. The zero-order valence-corrected chi connectivity index (χ0v) is 15.9. The third-order valence-electron chi connectivity index (χ3n) is 4.66. The number of fused-ring (bicyclic) bond motifs is 1. The first kappa shape index (κ1) is 19.3. The van der Waals surface area contributed by atoms with E-state index in [2.05, 4.69) is 10.4 Å². The van der Waals surface area contributed by atoms with Crippen molar-refractivity contribution in [1.29, 1.82) is 0 Å². The summed E-state index contributed by atoms with van der Waals surface area (Å²) in [5.41, 5.74) is 7.73. The molecule has 0 fully saturated rings. The fourth-order valence-corrected chi connectivity index (χ4v) is 3.24. The zero-order valence-electron chi connectivity index (χ0n) is 15.9. The Hall–Kier alpha value is -3.48. The van der Waals surface area contributed by atoms with Crippen LogP contribution in [0.3, 0.4) is 0 Å². The van der Waals surface area contributed by atoms with E-state index in [1.807, 2.05) is 32.0 Å². The number of benzene rings is 2. The van der Waals surface area contributed by atoms with E-state index in [0.717, 1.165) is 34.3 Å². The fraction of sp³-hybridized carbons (Fsp3) is 0.238. The summed E-state index contributed by atoms with van der Waals surface area (Å²) in [6.45, 7) is 3.71. The molecule has 28 heavy (non-hydrogen) atoms. The molecule has 1 heterocycles. The van der Waals surface area contributed by atoms with Crippen molar-refractivity contribution in [2.45, 2.75) is 33.2 Å². The van der Waals surface area contributed by atoms with Crippen LogP contribution >= 0.6 is 0 Å². The van der Waals surface area contributed by atoms with Crippen molar-refractivity contribution in [1.82, 2.24) is 9.78 Å². The molecule has 0 bridgehead atoms. The Balaban J connectivity index is 1.98. The van der Waals surface area contributed by atoms with Crippen LogP contribution in [0.2, 0.25) is 0 Å². The summed E-state index contributed by atoms with van der Waals surface area (Å²) in [4.78, 5) is 37.1. The molecule has 3 rings (SSSR count). The predicted molar refractivity (Wildman–Crippen MR) is 108 cm³/mol. The third-order valence-corrected chi connectivity index (χ3v) is 4.66. The highest BCUT2D eigenvalue weighted by Gasteiger charge is 2.17. The molecule has 0 saturated carbocycles. The van der Waals surface area contributed by atoms with Gasteiger partial charge in [-0.1, -0.05) is 50.2 Å². The summed E-state index contributed by atoms with van der Waals surface area (Å²) >= 11 is 0. The van der Waals surface area contributed by atoms with Crippen LogP contribution in [0.25, 0.3) is 10.8 Å². The quantitative estimate of drug-likeness (QED) is 0.686. The van der Waals surface area contributed by atoms with Gasteiger partial charge in [0.15, 0.2) is 5.69 Å². The molecule has 0 unspecified atom stereocenters. The van der Waals surface area contributed by atoms with Crippen molar-refractivity contribution in [3.8, 4) is 0 Å². The van der Waals surface area contributed by atoms with Gasteiger partial charge in [0.1, 0.15) is 6.54 Å². The molecule has 0 aliphatic carbocycles. The molecule has 0 radical (unpaired) electrons. The predicted octanol–water partition coefficient (Wildman–Crippen LogP) is 2.26. The highest BCUT2D eigenvalue weighted by molar-refractivity contribution is 6.04. The molecule has 2 aromatic carbocycles. The molecule has 0 aliphatic heterocycles. The largest absolute Gasteiger partial charge is 0.364 e. The van der Waals surface area contributed by atoms with Crippen LogP contribution < -0.4 is 16.6 Å². The van der Waals surface area contributed by atoms with Crippen LogP contribution in [0, 0.1) is 0 Å². The molecule has 3 N–H and O–H groups in total. The zero-order chi connectivity index (χ0) is 20.3. The van der Waals surface area contributed by atoms with Crippen molar-refractivity contribution in [2.75, 3.05) is 5.32 Å². The van der Waals surface area contributed by atoms with Crippen LogP contribution in [0.1, 0.15) is 35.5 Å². The number of amides is 2. The molecule has 0 saturated heterocycles. The first-order valence-electron chi connectivity index (χ1n) is 9.16. The Labute approximate surface area is 162 Å². The number of nitrogens with two attached hydrogens (primary N) is 1. The lowest BCUT2D eigenvalue weighted by Gasteiger charge is -2.15. The molecule has 7 nitrogen and oxygen atoms in total. The van der Waals surface area contributed by atoms with Gasteiger partial charge in [-0.05, 0) is 30.0 Å². The maximum atomic E-state index is 12.7. The smallest absolute Gasteiger partial charge is 0.275 e. The number of anilines is 1. The van der Waals surface area contributed by atoms with Gasteiger partial charge in [0, 0.05) is 11.1 Å². The average Bonchev–Trinajstić information content (AvgIpc) is 2.70. The lowest BCUT2D eigenvalue weighted by Crippen LogP contribution is -2.32. The monoisotopic (exact) mass is 378 g/mol. The number of nitrogens with zero attached hydrogens (tertiary/aromatic N) is 2. The number of carbonyl (C=O) groups excluding carboxylic acids is 2. The van der Waals surface area contributed by atoms with Gasteiger partial charge in [-0.2, -0.15) is 5.10 Å². The number of aryl methyl sites for hydroxylation is 2. The number of rotatable bonds is 6. The lowest BCUT2D eigenvalue weighted by molar-refractivity contribution is -0.117. The van der Waals surface area contributed by atoms with Crippen LogP contribution in [-0.4, -0.2) is 21.6 Å². The van der Waals surface area contributed by atoms with Crippen LogP contribution in [0.4, 0.5) is 5.69 Å². The van der Waals surface area contributed by atoms with Gasteiger partial charge in [-0.25, -0.2) is 4.68 Å². The Bertz CT molecular complexity index is 1100. The molecule has 144 valence electrons. The number of para-hydroxylation sites is 1. The molecular formula is C21H22N4O3. The number of aromatic nitrogens is 2. The molecular weight excluding hydrogens is 356 g/mol. The van der Waals surface area contributed by atoms with E-state index >= 15 is 0 Å². The number of hydrogen-bond donors (Lipinski definition) is 2. The van der Waals surface area contributed by atoms with E-state index < -0.39 is 17.4 Å². The number of carbonyl (C=O) groups is 2. The van der Waals surface area contributed by atoms with Crippen LogP contribution in [-0.2, 0) is 24.2 Å². The first-order chi connectivity index (χ1) is 13.5. The van der Waals surface area contributed by atoms with Gasteiger partial charge in [0.25, 0.3) is 11.5 Å². The number of primary amides is 1. The van der Waals surface area contributed by atoms with Gasteiger partial charge in [0.2, 0.25) is 5.91 Å². The van der Waals surface area contributed by atoms with Crippen molar-refractivity contribution in [3.63, 3.8) is 0 Å². The summed E-state index contributed by atoms with van der Waals surface area (Å²) < 4.78 is 0.984. The summed E-state index contributed by atoms with van der Waals surface area (Å²) in [7, 11) is 0. The van der Waals surface area contributed by atoms with Crippen LogP contribution in [0.15, 0.2) is 47.3 Å². The van der Waals surface area contributed by atoms with Gasteiger partial charge in [-0.15, -0.1) is 0 Å². The van der Waals surface area contributed by atoms with E-state index in [1.165, 1.54) is 0 Å². The third kappa shape index (κ3) is 3.64.